The molecule has 4 atom stereocenters. The first-order valence-electron chi connectivity index (χ1n) is 13.3. The molecule has 14 nitrogen and oxygen atoms in total. The molecule has 0 spiro atoms. The van der Waals surface area contributed by atoms with Crippen molar-refractivity contribution in [3.05, 3.63) is 65.7 Å². The van der Waals surface area contributed by atoms with Crippen molar-refractivity contribution in [1.82, 2.24) is 16.2 Å². The first-order valence-corrected chi connectivity index (χ1v) is 13.3. The number of aliphatic hydroxyl groups excluding tert-OH is 1. The predicted molar refractivity (Wildman–Crippen MR) is 155 cm³/mol. The van der Waals surface area contributed by atoms with Gasteiger partial charge in [-0.25, -0.2) is 16.2 Å². The van der Waals surface area contributed by atoms with Crippen molar-refractivity contribution in [1.29, 1.82) is 0 Å². The van der Waals surface area contributed by atoms with Gasteiger partial charge in [-0.1, -0.05) is 48.5 Å². The minimum absolute atomic E-state index is 0.0416. The van der Waals surface area contributed by atoms with Crippen LogP contribution in [0.15, 0.2) is 59.7 Å². The van der Waals surface area contributed by atoms with Gasteiger partial charge in [0.05, 0.1) is 6.42 Å². The highest BCUT2D eigenvalue weighted by atomic mass is 16.6. The van der Waals surface area contributed by atoms with Crippen molar-refractivity contribution in [2.75, 3.05) is 4.90 Å². The summed E-state index contributed by atoms with van der Waals surface area (Å²) in [5, 5.41) is 17.4. The van der Waals surface area contributed by atoms with E-state index in [9.17, 15) is 19.2 Å². The summed E-state index contributed by atoms with van der Waals surface area (Å²) in [5.41, 5.74) is 11.0. The number of rotatable bonds is 10. The Hall–Kier alpha value is -4.69. The van der Waals surface area contributed by atoms with Gasteiger partial charge in [-0.3, -0.25) is 14.4 Å². The van der Waals surface area contributed by atoms with Crippen LogP contribution in [0.25, 0.3) is 0 Å². The number of amidine groups is 1. The van der Waals surface area contributed by atoms with Crippen LogP contribution in [-0.4, -0.2) is 60.2 Å². The Morgan fingerprint density at radius 1 is 1.19 bits per heavy atom. The summed E-state index contributed by atoms with van der Waals surface area (Å²) < 4.78 is 9.43. The number of fused-ring (bicyclic) bond motifs is 1. The summed E-state index contributed by atoms with van der Waals surface area (Å²) in [6.07, 6.45) is 1.91. The van der Waals surface area contributed by atoms with Gasteiger partial charge >= 0.3 is 12.1 Å². The third-order valence-corrected chi connectivity index (χ3v) is 6.26. The Kier molecular flexibility index (Phi) is 14.3. The number of ether oxygens (including phenoxy) is 2. The highest BCUT2D eigenvalue weighted by Crippen LogP contribution is 2.30. The molecule has 0 bridgehead atoms. The zero-order chi connectivity index (χ0) is 30.9. The fourth-order valence-corrected chi connectivity index (χ4v) is 4.07. The van der Waals surface area contributed by atoms with E-state index in [-0.39, 0.29) is 19.1 Å². The lowest BCUT2D eigenvalue weighted by Gasteiger charge is -2.15. The van der Waals surface area contributed by atoms with Gasteiger partial charge in [0.1, 0.15) is 18.5 Å². The van der Waals surface area contributed by atoms with Crippen molar-refractivity contribution < 1.29 is 33.8 Å². The Morgan fingerprint density at radius 3 is 2.50 bits per heavy atom. The zero-order valence-corrected chi connectivity index (χ0v) is 23.6. The van der Waals surface area contributed by atoms with Gasteiger partial charge in [-0.15, -0.1) is 0 Å². The van der Waals surface area contributed by atoms with Crippen LogP contribution >= 0.6 is 0 Å². The Labute approximate surface area is 244 Å². The monoisotopic (exact) mass is 585 g/mol. The number of anilines is 1. The van der Waals surface area contributed by atoms with E-state index < -0.39 is 24.4 Å². The number of nitrogens with two attached hydrogens (primary N) is 2. The molecule has 1 fully saturated rings. The first-order chi connectivity index (χ1) is 20.2. The molecule has 0 aromatic heterocycles. The maximum absolute atomic E-state index is 11.6. The maximum atomic E-state index is 11.6. The molecule has 3 amide bonds. The second kappa shape index (κ2) is 17.9. The second-order valence-corrected chi connectivity index (χ2v) is 9.55. The molecule has 2 heterocycles. The quantitative estimate of drug-likeness (QED) is 0.0576. The number of esters is 1. The van der Waals surface area contributed by atoms with Crippen LogP contribution in [0.4, 0.5) is 10.5 Å². The number of nitrogens with zero attached hydrogens (tertiary/aromatic N) is 2. The molecule has 4 unspecified atom stereocenters. The number of aliphatic hydroxyl groups is 1. The molecule has 0 radical (unpaired) electrons. The maximum Gasteiger partial charge on any atom is 0.407 e. The number of amides is 3. The van der Waals surface area contributed by atoms with Crippen molar-refractivity contribution >= 4 is 36.4 Å². The van der Waals surface area contributed by atoms with E-state index in [1.807, 2.05) is 55.5 Å². The lowest BCUT2D eigenvalue weighted by molar-refractivity contribution is -0.155. The number of benzene rings is 2. The third-order valence-electron chi connectivity index (χ3n) is 6.26. The summed E-state index contributed by atoms with van der Waals surface area (Å²) in [5.74, 6) is 4.90. The lowest BCUT2D eigenvalue weighted by atomic mass is 10.1. The van der Waals surface area contributed by atoms with E-state index in [1.165, 1.54) is 5.56 Å². The molecule has 2 aromatic rings. The lowest BCUT2D eigenvalue weighted by Crippen LogP contribution is -2.35. The summed E-state index contributed by atoms with van der Waals surface area (Å²) in [6.45, 7) is 4.18. The number of para-hydroxylation sites is 1. The molecule has 4 rings (SSSR count). The summed E-state index contributed by atoms with van der Waals surface area (Å²) in [7, 11) is 0. The molecule has 42 heavy (non-hydrogen) atoms. The number of alkyl carbamates (subject to hydrolysis) is 1. The molecule has 0 saturated carbocycles. The van der Waals surface area contributed by atoms with Crippen LogP contribution in [-0.2, 0) is 36.9 Å². The van der Waals surface area contributed by atoms with Crippen molar-refractivity contribution in [2.24, 2.45) is 16.7 Å². The van der Waals surface area contributed by atoms with Gasteiger partial charge in [-0.2, -0.15) is 5.10 Å². The normalized spacial score (nSPS) is 19.4. The topological polar surface area (TPSA) is 211 Å². The fourth-order valence-electron chi connectivity index (χ4n) is 4.07. The zero-order valence-electron chi connectivity index (χ0n) is 23.6. The number of hydrazine groups is 1. The standard InChI is InChI=1S/C13H21N5O2.C10H11NO.C5H7NO4/c1-10(7-8-12(14)17-18-15)16-13(19)20-9-11-5-3-2-4-6-11;1-8-6-9-4-2-3-5-10(9)11(8)7-12;7-2-6-3-1-4(8)10-5(3)9/h2-6,10,18H,7-9,15H2,1H3,(H2,14,17)(H,16,19);2-5,7-8H,6H2,1H3;2-3,5,9H,1H2,(H,6,7). The molecule has 2 aliphatic heterocycles. The van der Waals surface area contributed by atoms with Crippen molar-refractivity contribution in [3.63, 3.8) is 0 Å². The fraction of sp³-hybridized carbons (Fsp3) is 0.393. The molecular weight excluding hydrogens is 546 g/mol. The van der Waals surface area contributed by atoms with Crippen LogP contribution in [0.3, 0.4) is 0 Å². The molecule has 2 aromatic carbocycles. The van der Waals surface area contributed by atoms with Gasteiger partial charge < -0.3 is 35.8 Å². The van der Waals surface area contributed by atoms with Crippen LogP contribution in [0.2, 0.25) is 0 Å². The van der Waals surface area contributed by atoms with Crippen molar-refractivity contribution in [3.8, 4) is 0 Å². The summed E-state index contributed by atoms with van der Waals surface area (Å²) in [6, 6.07) is 17.2. The van der Waals surface area contributed by atoms with E-state index in [0.717, 1.165) is 24.1 Å². The average Bonchev–Trinajstić information content (AvgIpc) is 3.48. The molecule has 0 aliphatic carbocycles. The highest BCUT2D eigenvalue weighted by Gasteiger charge is 2.32. The SMILES string of the molecule is CC(CC/C(N)=N/NN)NC(=O)OCc1ccccc1.CC1Cc2ccccc2N1C=O.O=CNC1CC(=O)OC1O. The first kappa shape index (κ1) is 33.5. The molecular formula is C28H39N7O7. The minimum Gasteiger partial charge on any atom is -0.445 e. The molecule has 2 aliphatic rings. The number of carbonyl (C=O) groups is 4. The number of hydrogen-bond donors (Lipinski definition) is 6. The predicted octanol–water partition coefficient (Wildman–Crippen LogP) is 0.777. The van der Waals surface area contributed by atoms with Crippen molar-refractivity contribution in [2.45, 2.75) is 70.6 Å². The van der Waals surface area contributed by atoms with Gasteiger partial charge in [0.25, 0.3) is 0 Å². The minimum atomic E-state index is -1.18. The van der Waals surface area contributed by atoms with Gasteiger partial charge in [0, 0.05) is 24.2 Å². The van der Waals surface area contributed by atoms with E-state index in [0.29, 0.717) is 31.1 Å². The van der Waals surface area contributed by atoms with Gasteiger partial charge in [-0.05, 0) is 43.9 Å². The number of cyclic esters (lactones) is 1. The van der Waals surface area contributed by atoms with Crippen LogP contribution in [0.1, 0.15) is 44.2 Å². The largest absolute Gasteiger partial charge is 0.445 e. The van der Waals surface area contributed by atoms with Crippen LogP contribution in [0.5, 0.6) is 0 Å². The van der Waals surface area contributed by atoms with E-state index >= 15 is 0 Å². The smallest absolute Gasteiger partial charge is 0.407 e. The molecule has 228 valence electrons. The van der Waals surface area contributed by atoms with Gasteiger partial charge in [0.15, 0.2) is 0 Å². The number of hydrazone groups is 1. The Balaban J connectivity index is 0.000000237. The van der Waals surface area contributed by atoms with E-state index in [1.54, 1.807) is 4.90 Å². The second-order valence-electron chi connectivity index (χ2n) is 9.55. The highest BCUT2D eigenvalue weighted by molar-refractivity contribution is 5.81. The summed E-state index contributed by atoms with van der Waals surface area (Å²) in [4.78, 5) is 44.3. The molecule has 1 saturated heterocycles. The van der Waals surface area contributed by atoms with Gasteiger partial charge in [0.2, 0.25) is 19.1 Å². The Morgan fingerprint density at radius 2 is 1.88 bits per heavy atom. The average molecular weight is 586 g/mol. The summed E-state index contributed by atoms with van der Waals surface area (Å²) >= 11 is 0. The number of carbonyl (C=O) groups excluding carboxylic acids is 4. The van der Waals surface area contributed by atoms with Crippen LogP contribution < -0.4 is 32.6 Å². The Bertz CT molecular complexity index is 1180. The van der Waals surface area contributed by atoms with E-state index in [4.69, 9.17) is 21.4 Å². The van der Waals surface area contributed by atoms with Crippen LogP contribution in [0, 0.1) is 0 Å². The molecule has 14 heteroatoms. The number of nitrogens with one attached hydrogen (secondary N) is 3. The third kappa shape index (κ3) is 11.4. The van der Waals surface area contributed by atoms with E-state index in [2.05, 4.69) is 39.0 Å². The molecule has 8 N–H and O–H groups in total. The number of hydrogen-bond acceptors (Lipinski definition) is 10.